The second kappa shape index (κ2) is 5.10. The Morgan fingerprint density at radius 3 is 2.94 bits per heavy atom. The lowest BCUT2D eigenvalue weighted by atomic mass is 9.83. The third-order valence-corrected chi connectivity index (χ3v) is 3.78. The fourth-order valence-electron chi connectivity index (χ4n) is 1.79. The Labute approximate surface area is 103 Å². The molecule has 0 aromatic carbocycles. The molecule has 1 heterocycles. The van der Waals surface area contributed by atoms with Crippen LogP contribution in [0, 0.1) is 0 Å². The van der Waals surface area contributed by atoms with Crippen LogP contribution in [0.25, 0.3) is 0 Å². The van der Waals surface area contributed by atoms with Crippen LogP contribution < -0.4 is 5.56 Å². The number of hydrogen-bond donors (Lipinski definition) is 0. The van der Waals surface area contributed by atoms with E-state index >= 15 is 0 Å². The molecule has 88 valence electrons. The van der Waals surface area contributed by atoms with E-state index in [2.05, 4.69) is 20.9 Å². The van der Waals surface area contributed by atoms with Crippen molar-refractivity contribution in [3.05, 3.63) is 26.8 Å². The minimum absolute atomic E-state index is 0.00560. The molecule has 2 rings (SSSR count). The summed E-state index contributed by atoms with van der Waals surface area (Å²) < 4.78 is 7.15. The van der Waals surface area contributed by atoms with Crippen molar-refractivity contribution >= 4 is 15.9 Å². The molecule has 0 radical (unpaired) electrons. The summed E-state index contributed by atoms with van der Waals surface area (Å²) in [7, 11) is 1.62. The molecule has 1 saturated carbocycles. The van der Waals surface area contributed by atoms with Crippen LogP contribution in [0.3, 0.4) is 0 Å². The first-order valence-corrected chi connectivity index (χ1v) is 6.27. The summed E-state index contributed by atoms with van der Waals surface area (Å²) in [6.07, 6.45) is 5.16. The number of methoxy groups -OCH3 is 1. The number of rotatable bonds is 4. The largest absolute Gasteiger partial charge is 0.383 e. The number of ether oxygens (including phenoxy) is 1. The maximum atomic E-state index is 12.0. The van der Waals surface area contributed by atoms with Gasteiger partial charge < -0.3 is 4.74 Å². The van der Waals surface area contributed by atoms with Crippen LogP contribution in [-0.4, -0.2) is 23.3 Å². The van der Waals surface area contributed by atoms with Crippen molar-refractivity contribution in [3.63, 3.8) is 0 Å². The predicted octanol–water partition coefficient (Wildman–Crippen LogP) is 1.92. The molecule has 1 aromatic heterocycles. The zero-order chi connectivity index (χ0) is 11.5. The molecule has 5 heteroatoms. The lowest BCUT2D eigenvalue weighted by Crippen LogP contribution is -2.26. The van der Waals surface area contributed by atoms with E-state index in [1.165, 1.54) is 6.42 Å². The molecule has 1 fully saturated rings. The van der Waals surface area contributed by atoms with Gasteiger partial charge in [-0.25, -0.2) is 4.98 Å². The summed E-state index contributed by atoms with van der Waals surface area (Å²) in [5, 5.41) is 0. The highest BCUT2D eigenvalue weighted by Gasteiger charge is 2.24. The van der Waals surface area contributed by atoms with Gasteiger partial charge in [-0.05, 0) is 28.8 Å². The second-order valence-corrected chi connectivity index (χ2v) is 4.86. The molecule has 0 aliphatic heterocycles. The van der Waals surface area contributed by atoms with E-state index in [0.29, 0.717) is 23.5 Å². The summed E-state index contributed by atoms with van der Waals surface area (Å²) in [5.41, 5.74) is 0.916. The Hall–Kier alpha value is -0.680. The van der Waals surface area contributed by atoms with E-state index in [1.807, 2.05) is 0 Å². The number of nitrogens with zero attached hydrogens (tertiary/aromatic N) is 2. The Morgan fingerprint density at radius 2 is 2.38 bits per heavy atom. The lowest BCUT2D eigenvalue weighted by Gasteiger charge is -2.25. The predicted molar refractivity (Wildman–Crippen MR) is 64.7 cm³/mol. The van der Waals surface area contributed by atoms with Gasteiger partial charge in [0.2, 0.25) is 0 Å². The number of aromatic nitrogens is 2. The minimum atomic E-state index is -0.00560. The van der Waals surface area contributed by atoms with Crippen LogP contribution in [0.2, 0.25) is 0 Å². The first-order chi connectivity index (χ1) is 7.74. The van der Waals surface area contributed by atoms with E-state index in [9.17, 15) is 4.79 Å². The maximum Gasteiger partial charge on any atom is 0.267 e. The quantitative estimate of drug-likeness (QED) is 0.849. The van der Waals surface area contributed by atoms with Gasteiger partial charge in [0.1, 0.15) is 4.47 Å². The highest BCUT2D eigenvalue weighted by atomic mass is 79.9. The maximum absolute atomic E-state index is 12.0. The first kappa shape index (κ1) is 11.8. The summed E-state index contributed by atoms with van der Waals surface area (Å²) in [6.45, 7) is 1.07. The molecule has 0 bridgehead atoms. The molecule has 0 amide bonds. The molecule has 1 aromatic rings. The normalized spacial score (nSPS) is 16.1. The van der Waals surface area contributed by atoms with Gasteiger partial charge in [-0.2, -0.15) is 0 Å². The first-order valence-electron chi connectivity index (χ1n) is 5.48. The van der Waals surface area contributed by atoms with Crippen molar-refractivity contribution in [1.29, 1.82) is 0 Å². The molecular weight excluding hydrogens is 272 g/mol. The molecule has 0 N–H and O–H groups in total. The van der Waals surface area contributed by atoms with E-state index in [4.69, 9.17) is 4.74 Å². The summed E-state index contributed by atoms with van der Waals surface area (Å²) >= 11 is 3.36. The molecule has 0 spiro atoms. The van der Waals surface area contributed by atoms with E-state index in [1.54, 1.807) is 18.0 Å². The number of halogens is 1. The molecule has 0 atom stereocenters. The van der Waals surface area contributed by atoms with Crippen molar-refractivity contribution in [2.24, 2.45) is 0 Å². The summed E-state index contributed by atoms with van der Waals surface area (Å²) in [6, 6.07) is 0. The van der Waals surface area contributed by atoms with Gasteiger partial charge in [-0.15, -0.1) is 0 Å². The highest BCUT2D eigenvalue weighted by molar-refractivity contribution is 9.10. The number of hydrogen-bond acceptors (Lipinski definition) is 3. The molecule has 0 unspecified atom stereocenters. The van der Waals surface area contributed by atoms with Crippen LogP contribution in [0.15, 0.2) is 15.6 Å². The average Bonchev–Trinajstić information content (AvgIpc) is 2.21. The third-order valence-electron chi connectivity index (χ3n) is 3.04. The van der Waals surface area contributed by atoms with Gasteiger partial charge in [0.05, 0.1) is 25.2 Å². The zero-order valence-corrected chi connectivity index (χ0v) is 10.9. The lowest BCUT2D eigenvalue weighted by molar-refractivity contribution is 0.185. The van der Waals surface area contributed by atoms with Gasteiger partial charge in [-0.3, -0.25) is 9.36 Å². The van der Waals surface area contributed by atoms with Crippen LogP contribution in [0.4, 0.5) is 0 Å². The van der Waals surface area contributed by atoms with Gasteiger partial charge in [0, 0.05) is 13.0 Å². The Bertz CT molecular complexity index is 426. The Morgan fingerprint density at radius 1 is 1.62 bits per heavy atom. The smallest absolute Gasteiger partial charge is 0.267 e. The van der Waals surface area contributed by atoms with Gasteiger partial charge >= 0.3 is 0 Å². The highest BCUT2D eigenvalue weighted by Crippen LogP contribution is 2.37. The van der Waals surface area contributed by atoms with Crippen molar-refractivity contribution < 1.29 is 4.74 Å². The zero-order valence-electron chi connectivity index (χ0n) is 9.28. The standard InChI is InChI=1S/C11H15BrN2O2/c1-16-6-5-14-7-13-10(8-3-2-4-8)9(12)11(14)15/h7-8H,2-6H2,1H3. The van der Waals surface area contributed by atoms with Crippen molar-refractivity contribution in [2.45, 2.75) is 31.7 Å². The third kappa shape index (κ3) is 2.20. The minimum Gasteiger partial charge on any atom is -0.383 e. The summed E-state index contributed by atoms with van der Waals surface area (Å²) in [4.78, 5) is 16.3. The van der Waals surface area contributed by atoms with E-state index < -0.39 is 0 Å². The van der Waals surface area contributed by atoms with Crippen LogP contribution >= 0.6 is 15.9 Å². The van der Waals surface area contributed by atoms with Gasteiger partial charge in [0.15, 0.2) is 0 Å². The molecule has 0 saturated heterocycles. The van der Waals surface area contributed by atoms with Gasteiger partial charge in [0.25, 0.3) is 5.56 Å². The average molecular weight is 287 g/mol. The van der Waals surface area contributed by atoms with Crippen LogP contribution in [0.1, 0.15) is 30.9 Å². The topological polar surface area (TPSA) is 44.1 Å². The van der Waals surface area contributed by atoms with Crippen molar-refractivity contribution in [1.82, 2.24) is 9.55 Å². The van der Waals surface area contributed by atoms with Crippen LogP contribution in [0.5, 0.6) is 0 Å². The van der Waals surface area contributed by atoms with Crippen LogP contribution in [-0.2, 0) is 11.3 Å². The molecule has 16 heavy (non-hydrogen) atoms. The second-order valence-electron chi connectivity index (χ2n) is 4.06. The van der Waals surface area contributed by atoms with Crippen molar-refractivity contribution in [3.8, 4) is 0 Å². The van der Waals surface area contributed by atoms with E-state index in [0.717, 1.165) is 18.5 Å². The monoisotopic (exact) mass is 286 g/mol. The Balaban J connectivity index is 2.25. The van der Waals surface area contributed by atoms with Crippen molar-refractivity contribution in [2.75, 3.05) is 13.7 Å². The fourth-order valence-corrected chi connectivity index (χ4v) is 2.45. The molecule has 4 nitrogen and oxygen atoms in total. The molecule has 1 aliphatic rings. The summed E-state index contributed by atoms with van der Waals surface area (Å²) in [5.74, 6) is 0.471. The SMILES string of the molecule is COCCn1cnc(C2CCC2)c(Br)c1=O. The van der Waals surface area contributed by atoms with E-state index in [-0.39, 0.29) is 5.56 Å². The Kier molecular flexibility index (Phi) is 3.76. The molecular formula is C11H15BrN2O2. The van der Waals surface area contributed by atoms with Gasteiger partial charge in [-0.1, -0.05) is 6.42 Å². The molecule has 1 aliphatic carbocycles. The fraction of sp³-hybridized carbons (Fsp3) is 0.636.